The molecule has 0 aromatic heterocycles. The van der Waals surface area contributed by atoms with Crippen molar-refractivity contribution in [1.29, 1.82) is 0 Å². The van der Waals surface area contributed by atoms with Gasteiger partial charge in [0.15, 0.2) is 11.5 Å². The lowest BCUT2D eigenvalue weighted by Gasteiger charge is -2.20. The van der Waals surface area contributed by atoms with Gasteiger partial charge >= 0.3 is 0 Å². The van der Waals surface area contributed by atoms with Gasteiger partial charge in [-0.3, -0.25) is 0 Å². The molecular weight excluding hydrogens is 219 g/mol. The second-order valence-electron chi connectivity index (χ2n) is 3.38. The first-order chi connectivity index (χ1) is 7.31. The number of benzene rings is 1. The van der Waals surface area contributed by atoms with E-state index in [-0.39, 0.29) is 5.82 Å². The van der Waals surface area contributed by atoms with Crippen LogP contribution in [0.2, 0.25) is 0 Å². The Morgan fingerprint density at radius 2 is 2.33 bits per heavy atom. The van der Waals surface area contributed by atoms with Crippen LogP contribution in [0.15, 0.2) is 12.1 Å². The highest BCUT2D eigenvalue weighted by Crippen LogP contribution is 2.35. The standard InChI is InChI=1S/C11H12ClFO2/c12-3-5-14-10-7-9(13)6-8-2-1-4-15-11(8)10/h6-7H,1-5H2. The first-order valence-electron chi connectivity index (χ1n) is 4.95. The average Bonchev–Trinajstić information content (AvgIpc) is 2.25. The summed E-state index contributed by atoms with van der Waals surface area (Å²) in [6.45, 7) is 1.02. The van der Waals surface area contributed by atoms with Gasteiger partial charge in [-0.2, -0.15) is 0 Å². The van der Waals surface area contributed by atoms with E-state index in [2.05, 4.69) is 0 Å². The molecule has 0 N–H and O–H groups in total. The number of ether oxygens (including phenoxy) is 2. The SMILES string of the molecule is Fc1cc2c(c(OCCCl)c1)OCCC2. The molecular formula is C11H12ClFO2. The van der Waals surface area contributed by atoms with Crippen LogP contribution >= 0.6 is 11.6 Å². The third-order valence-corrected chi connectivity index (χ3v) is 2.42. The summed E-state index contributed by atoms with van der Waals surface area (Å²) < 4.78 is 24.0. The highest BCUT2D eigenvalue weighted by Gasteiger charge is 2.17. The Kier molecular flexibility index (Phi) is 3.31. The number of halogens is 2. The smallest absolute Gasteiger partial charge is 0.164 e. The minimum atomic E-state index is -0.288. The Balaban J connectivity index is 2.30. The van der Waals surface area contributed by atoms with Gasteiger partial charge in [0.05, 0.1) is 12.5 Å². The molecule has 0 unspecified atom stereocenters. The maximum absolute atomic E-state index is 13.2. The van der Waals surface area contributed by atoms with E-state index in [4.69, 9.17) is 21.1 Å². The second kappa shape index (κ2) is 4.71. The zero-order chi connectivity index (χ0) is 10.7. The maximum Gasteiger partial charge on any atom is 0.164 e. The van der Waals surface area contributed by atoms with Crippen molar-refractivity contribution in [3.63, 3.8) is 0 Å². The van der Waals surface area contributed by atoms with Gasteiger partial charge in [0.25, 0.3) is 0 Å². The number of fused-ring (bicyclic) bond motifs is 1. The highest BCUT2D eigenvalue weighted by molar-refractivity contribution is 6.18. The summed E-state index contributed by atoms with van der Waals surface area (Å²) in [6.07, 6.45) is 1.76. The van der Waals surface area contributed by atoms with Gasteiger partial charge in [0.2, 0.25) is 0 Å². The molecule has 0 fully saturated rings. The van der Waals surface area contributed by atoms with Crippen LogP contribution in [0.3, 0.4) is 0 Å². The van der Waals surface area contributed by atoms with E-state index in [1.165, 1.54) is 12.1 Å². The molecule has 2 rings (SSSR count). The van der Waals surface area contributed by atoms with Crippen molar-refractivity contribution in [2.45, 2.75) is 12.8 Å². The predicted octanol–water partition coefficient (Wildman–Crippen LogP) is 2.77. The minimum absolute atomic E-state index is 0.288. The van der Waals surface area contributed by atoms with Gasteiger partial charge in [0, 0.05) is 11.6 Å². The van der Waals surface area contributed by atoms with E-state index >= 15 is 0 Å². The van der Waals surface area contributed by atoms with E-state index in [0.29, 0.717) is 30.6 Å². The van der Waals surface area contributed by atoms with Crippen LogP contribution in [0, 0.1) is 5.82 Å². The summed E-state index contributed by atoms with van der Waals surface area (Å²) in [5.41, 5.74) is 0.880. The Morgan fingerprint density at radius 3 is 3.13 bits per heavy atom. The fraction of sp³-hybridized carbons (Fsp3) is 0.455. The molecule has 0 spiro atoms. The molecule has 0 amide bonds. The van der Waals surface area contributed by atoms with Gasteiger partial charge in [0.1, 0.15) is 12.4 Å². The summed E-state index contributed by atoms with van der Waals surface area (Å²) >= 11 is 5.51. The largest absolute Gasteiger partial charge is 0.489 e. The molecule has 0 radical (unpaired) electrons. The minimum Gasteiger partial charge on any atom is -0.489 e. The van der Waals surface area contributed by atoms with Crippen molar-refractivity contribution >= 4 is 11.6 Å². The maximum atomic E-state index is 13.2. The van der Waals surface area contributed by atoms with E-state index in [0.717, 1.165) is 18.4 Å². The Morgan fingerprint density at radius 1 is 1.47 bits per heavy atom. The van der Waals surface area contributed by atoms with Crippen LogP contribution in [0.4, 0.5) is 4.39 Å². The lowest BCUT2D eigenvalue weighted by atomic mass is 10.1. The monoisotopic (exact) mass is 230 g/mol. The predicted molar refractivity (Wildman–Crippen MR) is 56.4 cm³/mol. The van der Waals surface area contributed by atoms with Crippen molar-refractivity contribution in [2.75, 3.05) is 19.1 Å². The molecule has 4 heteroatoms. The second-order valence-corrected chi connectivity index (χ2v) is 3.76. The van der Waals surface area contributed by atoms with Crippen molar-refractivity contribution in [3.8, 4) is 11.5 Å². The first kappa shape index (κ1) is 10.6. The molecule has 1 heterocycles. The molecule has 2 nitrogen and oxygen atoms in total. The summed E-state index contributed by atoms with van der Waals surface area (Å²) in [6, 6.07) is 2.85. The molecule has 1 aliphatic rings. The zero-order valence-corrected chi connectivity index (χ0v) is 9.02. The van der Waals surface area contributed by atoms with Crippen LogP contribution in [0.25, 0.3) is 0 Å². The van der Waals surface area contributed by atoms with Crippen LogP contribution in [-0.2, 0) is 6.42 Å². The van der Waals surface area contributed by atoms with Gasteiger partial charge in [-0.1, -0.05) is 0 Å². The molecule has 0 aliphatic carbocycles. The number of alkyl halides is 1. The van der Waals surface area contributed by atoms with E-state index in [1.54, 1.807) is 0 Å². The van der Waals surface area contributed by atoms with Gasteiger partial charge in [-0.05, 0) is 18.9 Å². The van der Waals surface area contributed by atoms with Crippen molar-refractivity contribution in [3.05, 3.63) is 23.5 Å². The number of hydrogen-bond acceptors (Lipinski definition) is 2. The Bertz CT molecular complexity index is 355. The van der Waals surface area contributed by atoms with E-state index < -0.39 is 0 Å². The highest BCUT2D eigenvalue weighted by atomic mass is 35.5. The lowest BCUT2D eigenvalue weighted by molar-refractivity contribution is 0.256. The normalized spacial score (nSPS) is 14.3. The summed E-state index contributed by atoms with van der Waals surface area (Å²) in [5, 5.41) is 0. The van der Waals surface area contributed by atoms with Gasteiger partial charge in [-0.15, -0.1) is 11.6 Å². The molecule has 0 saturated carbocycles. The third kappa shape index (κ3) is 2.34. The molecule has 1 aliphatic heterocycles. The van der Waals surface area contributed by atoms with Crippen LogP contribution in [0.5, 0.6) is 11.5 Å². The van der Waals surface area contributed by atoms with E-state index in [9.17, 15) is 4.39 Å². The van der Waals surface area contributed by atoms with Crippen LogP contribution < -0.4 is 9.47 Å². The Hall–Kier alpha value is -0.960. The summed E-state index contributed by atoms with van der Waals surface area (Å²) in [4.78, 5) is 0. The van der Waals surface area contributed by atoms with Crippen LogP contribution in [-0.4, -0.2) is 19.1 Å². The van der Waals surface area contributed by atoms with Gasteiger partial charge in [-0.25, -0.2) is 4.39 Å². The lowest BCUT2D eigenvalue weighted by Crippen LogP contribution is -2.11. The summed E-state index contributed by atoms with van der Waals surface area (Å²) in [7, 11) is 0. The fourth-order valence-corrected chi connectivity index (χ4v) is 1.74. The third-order valence-electron chi connectivity index (χ3n) is 2.27. The van der Waals surface area contributed by atoms with Gasteiger partial charge < -0.3 is 9.47 Å². The topological polar surface area (TPSA) is 18.5 Å². The number of aryl methyl sites for hydroxylation is 1. The van der Waals surface area contributed by atoms with Crippen molar-refractivity contribution in [2.24, 2.45) is 0 Å². The van der Waals surface area contributed by atoms with Crippen molar-refractivity contribution in [1.82, 2.24) is 0 Å². The molecule has 1 aromatic rings. The number of hydrogen-bond donors (Lipinski definition) is 0. The molecule has 82 valence electrons. The molecule has 0 atom stereocenters. The van der Waals surface area contributed by atoms with E-state index in [1.807, 2.05) is 0 Å². The quantitative estimate of drug-likeness (QED) is 0.744. The average molecular weight is 231 g/mol. The van der Waals surface area contributed by atoms with Crippen molar-refractivity contribution < 1.29 is 13.9 Å². The fourth-order valence-electron chi connectivity index (χ4n) is 1.66. The molecule has 1 aromatic carbocycles. The molecule has 15 heavy (non-hydrogen) atoms. The summed E-state index contributed by atoms with van der Waals surface area (Å²) in [5.74, 6) is 1.23. The Labute approximate surface area is 92.9 Å². The molecule has 0 saturated heterocycles. The molecule has 0 bridgehead atoms. The zero-order valence-electron chi connectivity index (χ0n) is 8.26. The first-order valence-corrected chi connectivity index (χ1v) is 5.48. The van der Waals surface area contributed by atoms with Crippen LogP contribution in [0.1, 0.15) is 12.0 Å². The number of rotatable bonds is 3.